The van der Waals surface area contributed by atoms with Gasteiger partial charge in [-0.05, 0) is 48.2 Å². The van der Waals surface area contributed by atoms with E-state index in [-0.39, 0.29) is 28.8 Å². The van der Waals surface area contributed by atoms with Gasteiger partial charge in [-0.2, -0.15) is 13.2 Å². The third kappa shape index (κ3) is 4.54. The number of nitrogens with one attached hydrogen (secondary N) is 1. The Balaban J connectivity index is 2.03. The van der Waals surface area contributed by atoms with Gasteiger partial charge in [0.2, 0.25) is 0 Å². The first-order chi connectivity index (χ1) is 10.4. The lowest BCUT2D eigenvalue weighted by molar-refractivity contribution is -0.0328. The van der Waals surface area contributed by atoms with E-state index in [1.165, 1.54) is 30.5 Å². The van der Waals surface area contributed by atoms with Gasteiger partial charge < -0.3 is 14.8 Å². The van der Waals surface area contributed by atoms with Gasteiger partial charge in [0.1, 0.15) is 11.8 Å². The quantitative estimate of drug-likeness (QED) is 0.825. The lowest BCUT2D eigenvalue weighted by atomic mass is 10.2. The molecule has 2 aromatic rings. The molecular weight excluding hydrogens is 319 g/mol. The summed E-state index contributed by atoms with van der Waals surface area (Å²) >= 11 is -0.249. The molecule has 118 valence electrons. The monoisotopic (exact) mass is 331 g/mol. The van der Waals surface area contributed by atoms with Crippen LogP contribution in [0.1, 0.15) is 22.2 Å². The van der Waals surface area contributed by atoms with Gasteiger partial charge in [0, 0.05) is 10.5 Å². The predicted molar refractivity (Wildman–Crippen MR) is 74.4 cm³/mol. The van der Waals surface area contributed by atoms with Crippen molar-refractivity contribution in [1.29, 1.82) is 0 Å². The number of alkyl halides is 3. The Hall–Kier alpha value is -1.93. The number of amides is 1. The zero-order chi connectivity index (χ0) is 16.2. The molecule has 1 heterocycles. The average molecular weight is 331 g/mol. The number of thioether (sulfide) groups is 1. The molecule has 1 amide bonds. The highest BCUT2D eigenvalue weighted by atomic mass is 32.2. The minimum absolute atomic E-state index is 0.00575. The lowest BCUT2D eigenvalue weighted by Gasteiger charge is -2.14. The summed E-state index contributed by atoms with van der Waals surface area (Å²) in [5.41, 5.74) is -4.18. The Labute approximate surface area is 128 Å². The van der Waals surface area contributed by atoms with E-state index in [4.69, 9.17) is 4.42 Å². The highest BCUT2D eigenvalue weighted by Crippen LogP contribution is 2.36. The van der Waals surface area contributed by atoms with Crippen LogP contribution in [0, 0.1) is 0 Å². The van der Waals surface area contributed by atoms with E-state index < -0.39 is 17.5 Å². The molecule has 0 saturated carbocycles. The summed E-state index contributed by atoms with van der Waals surface area (Å²) in [5, 5.41) is 11.8. The molecule has 22 heavy (non-hydrogen) atoms. The second-order valence-corrected chi connectivity index (χ2v) is 5.43. The van der Waals surface area contributed by atoms with Gasteiger partial charge in [-0.1, -0.05) is 0 Å². The molecular formula is C14H12F3NO3S. The topological polar surface area (TPSA) is 62.5 Å². The van der Waals surface area contributed by atoms with Crippen LogP contribution in [0.4, 0.5) is 13.2 Å². The first-order valence-corrected chi connectivity index (χ1v) is 7.01. The standard InChI is InChI=1S/C14H12F3NO3S/c15-14(16,17)22-10-5-3-9(4-6-10)13(20)18-11(8-19)12-2-1-7-21-12/h1-7,11,19H,8H2,(H,18,20). The molecule has 0 aliphatic rings. The van der Waals surface area contributed by atoms with Gasteiger partial charge in [-0.15, -0.1) is 0 Å². The Morgan fingerprint density at radius 2 is 1.95 bits per heavy atom. The minimum atomic E-state index is -4.37. The van der Waals surface area contributed by atoms with Crippen molar-refractivity contribution >= 4 is 17.7 Å². The third-order valence-corrected chi connectivity index (χ3v) is 3.46. The largest absolute Gasteiger partial charge is 0.467 e. The molecule has 1 aromatic carbocycles. The Bertz CT molecular complexity index is 611. The summed E-state index contributed by atoms with van der Waals surface area (Å²) in [7, 11) is 0. The molecule has 2 N–H and O–H groups in total. The SMILES string of the molecule is O=C(NC(CO)c1ccco1)c1ccc(SC(F)(F)F)cc1. The molecule has 1 unspecified atom stereocenters. The first kappa shape index (κ1) is 16.4. The molecule has 0 spiro atoms. The number of carbonyl (C=O) groups excluding carboxylic acids is 1. The molecule has 0 aliphatic carbocycles. The van der Waals surface area contributed by atoms with Crippen LogP contribution in [0.15, 0.2) is 52.0 Å². The molecule has 1 atom stereocenters. The number of aliphatic hydroxyl groups is 1. The maximum atomic E-state index is 12.2. The molecule has 0 aliphatic heterocycles. The van der Waals surface area contributed by atoms with Crippen molar-refractivity contribution in [3.8, 4) is 0 Å². The van der Waals surface area contributed by atoms with Crippen molar-refractivity contribution in [3.05, 3.63) is 54.0 Å². The highest BCUT2D eigenvalue weighted by Gasteiger charge is 2.29. The van der Waals surface area contributed by atoms with E-state index in [1.807, 2.05) is 0 Å². The maximum Gasteiger partial charge on any atom is 0.446 e. The Morgan fingerprint density at radius 3 is 2.45 bits per heavy atom. The third-order valence-electron chi connectivity index (χ3n) is 2.72. The summed E-state index contributed by atoms with van der Waals surface area (Å²) in [4.78, 5) is 12.0. The van der Waals surface area contributed by atoms with Crippen molar-refractivity contribution < 1.29 is 27.5 Å². The van der Waals surface area contributed by atoms with E-state index in [0.29, 0.717) is 5.76 Å². The molecule has 4 nitrogen and oxygen atoms in total. The van der Waals surface area contributed by atoms with Gasteiger partial charge >= 0.3 is 5.51 Å². The lowest BCUT2D eigenvalue weighted by Crippen LogP contribution is -2.30. The van der Waals surface area contributed by atoms with Crippen molar-refractivity contribution in [2.45, 2.75) is 16.4 Å². The number of hydrogen-bond donors (Lipinski definition) is 2. The predicted octanol–water partition coefficient (Wildman–Crippen LogP) is 3.35. The van der Waals surface area contributed by atoms with Crippen LogP contribution in [-0.2, 0) is 0 Å². The van der Waals surface area contributed by atoms with Crippen LogP contribution in [-0.4, -0.2) is 23.1 Å². The smallest absolute Gasteiger partial charge is 0.446 e. The molecule has 2 rings (SSSR count). The molecule has 0 radical (unpaired) electrons. The zero-order valence-electron chi connectivity index (χ0n) is 11.1. The van der Waals surface area contributed by atoms with Crippen molar-refractivity contribution in [3.63, 3.8) is 0 Å². The molecule has 0 saturated heterocycles. The number of halogens is 3. The number of rotatable bonds is 5. The zero-order valence-corrected chi connectivity index (χ0v) is 11.9. The number of hydrogen-bond acceptors (Lipinski definition) is 4. The summed E-state index contributed by atoms with van der Waals surface area (Å²) in [6, 6.07) is 7.52. The normalized spacial score (nSPS) is 12.9. The van der Waals surface area contributed by atoms with Crippen LogP contribution in [0.2, 0.25) is 0 Å². The maximum absolute atomic E-state index is 12.2. The summed E-state index contributed by atoms with van der Waals surface area (Å²) in [5.74, 6) is -0.126. The van der Waals surface area contributed by atoms with E-state index in [9.17, 15) is 23.1 Å². The van der Waals surface area contributed by atoms with Gasteiger partial charge in [0.25, 0.3) is 5.91 Å². The second-order valence-electron chi connectivity index (χ2n) is 4.30. The number of aliphatic hydroxyl groups excluding tert-OH is 1. The summed E-state index contributed by atoms with van der Waals surface area (Å²) in [6.07, 6.45) is 1.41. The van der Waals surface area contributed by atoms with Crippen molar-refractivity contribution in [1.82, 2.24) is 5.32 Å². The minimum Gasteiger partial charge on any atom is -0.467 e. The van der Waals surface area contributed by atoms with Gasteiger partial charge in [-0.3, -0.25) is 4.79 Å². The molecule has 0 fully saturated rings. The van der Waals surface area contributed by atoms with Gasteiger partial charge in [-0.25, -0.2) is 0 Å². The fourth-order valence-electron chi connectivity index (χ4n) is 1.75. The van der Waals surface area contributed by atoms with Gasteiger partial charge in [0.15, 0.2) is 0 Å². The van der Waals surface area contributed by atoms with E-state index in [0.717, 1.165) is 0 Å². The summed E-state index contributed by atoms with van der Waals surface area (Å²) in [6.45, 7) is -0.360. The van der Waals surface area contributed by atoms with E-state index in [1.54, 1.807) is 12.1 Å². The molecule has 1 aromatic heterocycles. The van der Waals surface area contributed by atoms with Crippen LogP contribution in [0.5, 0.6) is 0 Å². The van der Waals surface area contributed by atoms with Crippen molar-refractivity contribution in [2.24, 2.45) is 0 Å². The van der Waals surface area contributed by atoms with E-state index >= 15 is 0 Å². The Kier molecular flexibility index (Phi) is 5.15. The van der Waals surface area contributed by atoms with Crippen LogP contribution in [0.3, 0.4) is 0 Å². The van der Waals surface area contributed by atoms with Crippen LogP contribution in [0.25, 0.3) is 0 Å². The van der Waals surface area contributed by atoms with Crippen molar-refractivity contribution in [2.75, 3.05) is 6.61 Å². The average Bonchev–Trinajstić information content (AvgIpc) is 2.97. The van der Waals surface area contributed by atoms with Crippen LogP contribution >= 0.6 is 11.8 Å². The second kappa shape index (κ2) is 6.89. The Morgan fingerprint density at radius 1 is 1.27 bits per heavy atom. The first-order valence-electron chi connectivity index (χ1n) is 6.20. The fraction of sp³-hybridized carbons (Fsp3) is 0.214. The fourth-order valence-corrected chi connectivity index (χ4v) is 2.29. The molecule has 8 heteroatoms. The number of furan rings is 1. The number of carbonyl (C=O) groups is 1. The number of benzene rings is 1. The van der Waals surface area contributed by atoms with Crippen LogP contribution < -0.4 is 5.32 Å². The highest BCUT2D eigenvalue weighted by molar-refractivity contribution is 8.00. The summed E-state index contributed by atoms with van der Waals surface area (Å²) < 4.78 is 41.8. The molecule has 0 bridgehead atoms. The van der Waals surface area contributed by atoms with E-state index in [2.05, 4.69) is 5.32 Å². The van der Waals surface area contributed by atoms with Gasteiger partial charge in [0.05, 0.1) is 12.9 Å².